The molecule has 4 aliphatic heterocycles. The van der Waals surface area contributed by atoms with Crippen LogP contribution in [0.1, 0.15) is 144 Å². The maximum Gasteiger partial charge on any atom is 0.410 e. The Labute approximate surface area is 516 Å². The van der Waals surface area contributed by atoms with Gasteiger partial charge in [-0.2, -0.15) is 0 Å². The summed E-state index contributed by atoms with van der Waals surface area (Å²) in [5.74, 6) is -3.35. The van der Waals surface area contributed by atoms with Gasteiger partial charge in [-0.1, -0.05) is 77.5 Å². The van der Waals surface area contributed by atoms with E-state index in [0.717, 1.165) is 0 Å². The van der Waals surface area contributed by atoms with Gasteiger partial charge in [-0.25, -0.2) is 14.4 Å². The molecule has 5 rings (SSSR count). The number of epoxide rings is 1. The number of unbranched alkanes of at least 4 members (excludes halogenated alkanes) is 2. The molecule has 0 saturated carbocycles. The van der Waals surface area contributed by atoms with Crippen LogP contribution >= 0.6 is 0 Å². The van der Waals surface area contributed by atoms with E-state index in [9.17, 15) is 58.5 Å². The standard InChI is InChI=1S/C63H96N8O17/c1-10-47(73)42(6)56-48(86-56)37-62(7,83)28-14-16-40(4)55-41(5)19-24-49(63(8,84-9)29-27-45(72)36-53(77)88-55)87-61(82)70-34-32-69(33-35-70)60(81)85-38-43-20-22-44(23-21-43)66-57(78)46(17-15-30-65-59(64)80)67-58(79)54(39(2)3)68-50(74)18-12-11-13-31-71-51(75)25-26-52(71)76/h14,16,19-24,28,39,41-42,45-49,54-56,72-73,83H,10-13,15,17-18,25-27,29-38H2,1-9H3,(H,66,78)(H,67,79)(H,68,74)(H3,64,65,80)/b24-19+,28-14+,40-16+/t41-,42+,45+,46-,47-,48+,49-,54-,55+,56+,62-,63+/m0/s1. The van der Waals surface area contributed by atoms with Gasteiger partial charge in [-0.15, -0.1) is 0 Å². The highest BCUT2D eigenvalue weighted by atomic mass is 16.6. The second-order valence-corrected chi connectivity index (χ2v) is 24.4. The minimum Gasteiger partial charge on any atom is -0.457 e. The number of aliphatic hydroxyl groups excluding tert-OH is 2. The Hall–Kier alpha value is -6.93. The molecule has 3 saturated heterocycles. The topological polar surface area (TPSA) is 348 Å². The Morgan fingerprint density at radius 1 is 0.920 bits per heavy atom. The predicted octanol–water partition coefficient (Wildman–Crippen LogP) is 5.04. The summed E-state index contributed by atoms with van der Waals surface area (Å²) < 4.78 is 29.5. The molecule has 0 unspecified atom stereocenters. The highest BCUT2D eigenvalue weighted by molar-refractivity contribution is 6.02. The van der Waals surface area contributed by atoms with Crippen molar-refractivity contribution in [2.75, 3.05) is 51.7 Å². The molecule has 88 heavy (non-hydrogen) atoms. The van der Waals surface area contributed by atoms with Crippen LogP contribution in [-0.4, -0.2) is 190 Å². The van der Waals surface area contributed by atoms with Gasteiger partial charge in [0, 0.05) is 89.6 Å². The van der Waals surface area contributed by atoms with Crippen LogP contribution in [0.5, 0.6) is 0 Å². The van der Waals surface area contributed by atoms with Crippen molar-refractivity contribution in [3.63, 3.8) is 0 Å². The van der Waals surface area contributed by atoms with Gasteiger partial charge < -0.3 is 75.8 Å². The smallest absolute Gasteiger partial charge is 0.410 e. The summed E-state index contributed by atoms with van der Waals surface area (Å²) in [6.07, 6.45) is 7.22. The van der Waals surface area contributed by atoms with Gasteiger partial charge in [0.1, 0.15) is 30.4 Å². The van der Waals surface area contributed by atoms with E-state index in [4.69, 9.17) is 29.4 Å². The predicted molar refractivity (Wildman–Crippen MR) is 324 cm³/mol. The zero-order valence-electron chi connectivity index (χ0n) is 52.7. The maximum absolute atomic E-state index is 13.9. The number of hydrogen-bond donors (Lipinski definition) is 8. The summed E-state index contributed by atoms with van der Waals surface area (Å²) in [5.41, 5.74) is 4.50. The summed E-state index contributed by atoms with van der Waals surface area (Å²) in [4.78, 5) is 120. The first kappa shape index (κ1) is 71.8. The number of carbonyl (C=O) groups excluding carboxylic acids is 9. The number of methoxy groups -OCH3 is 1. The summed E-state index contributed by atoms with van der Waals surface area (Å²) >= 11 is 0. The lowest BCUT2D eigenvalue weighted by molar-refractivity contribution is -0.151. The van der Waals surface area contributed by atoms with Crippen LogP contribution in [0.2, 0.25) is 0 Å². The molecule has 0 bridgehead atoms. The molecule has 1 aromatic rings. The zero-order chi connectivity index (χ0) is 64.9. The number of carbonyl (C=O) groups is 9. The molecule has 3 fully saturated rings. The maximum atomic E-state index is 13.9. The number of aliphatic hydroxyl groups is 3. The largest absolute Gasteiger partial charge is 0.457 e. The van der Waals surface area contributed by atoms with E-state index in [1.807, 2.05) is 20.8 Å². The Morgan fingerprint density at radius 2 is 1.58 bits per heavy atom. The van der Waals surface area contributed by atoms with Crippen molar-refractivity contribution >= 4 is 59.4 Å². The van der Waals surface area contributed by atoms with E-state index in [0.29, 0.717) is 55.5 Å². The summed E-state index contributed by atoms with van der Waals surface area (Å²) in [7, 11) is 1.48. The van der Waals surface area contributed by atoms with Gasteiger partial charge in [0.15, 0.2) is 6.10 Å². The van der Waals surface area contributed by atoms with E-state index in [1.165, 1.54) is 21.8 Å². The van der Waals surface area contributed by atoms with Crippen LogP contribution in [0, 0.1) is 17.8 Å². The van der Waals surface area contributed by atoms with E-state index in [-0.39, 0.29) is 132 Å². The summed E-state index contributed by atoms with van der Waals surface area (Å²) in [6.45, 7) is 15.3. The number of imide groups is 1. The fourth-order valence-corrected chi connectivity index (χ4v) is 10.8. The molecule has 12 atom stereocenters. The number of urea groups is 1. The third-order valence-corrected chi connectivity index (χ3v) is 16.7. The van der Waals surface area contributed by atoms with Crippen LogP contribution in [0.25, 0.3) is 0 Å². The Bertz CT molecular complexity index is 2620. The number of likely N-dealkylation sites (tertiary alicyclic amines) is 1. The first-order valence-electron chi connectivity index (χ1n) is 30.9. The minimum absolute atomic E-state index is 0.0608. The van der Waals surface area contributed by atoms with Crippen LogP contribution in [0.15, 0.2) is 60.2 Å². The van der Waals surface area contributed by atoms with Gasteiger partial charge >= 0.3 is 24.2 Å². The molecular weight excluding hydrogens is 1140 g/mol. The van der Waals surface area contributed by atoms with Crippen LogP contribution in [0.4, 0.5) is 20.1 Å². The van der Waals surface area contributed by atoms with Crippen molar-refractivity contribution in [2.45, 2.75) is 205 Å². The zero-order valence-corrected chi connectivity index (χ0v) is 52.7. The number of amides is 9. The van der Waals surface area contributed by atoms with Crippen molar-refractivity contribution < 1.29 is 82.2 Å². The average Bonchev–Trinajstić information content (AvgIpc) is 1.84. The first-order valence-corrected chi connectivity index (χ1v) is 30.9. The number of nitrogens with zero attached hydrogens (tertiary/aromatic N) is 3. The number of cyclic esters (lactones) is 1. The lowest BCUT2D eigenvalue weighted by atomic mass is 9.88. The summed E-state index contributed by atoms with van der Waals surface area (Å²) in [6, 6.07) is 3.72. The van der Waals surface area contributed by atoms with Crippen LogP contribution in [-0.2, 0) is 59.1 Å². The third kappa shape index (κ3) is 22.6. The number of esters is 1. The number of nitrogens with two attached hydrogens (primary N) is 1. The highest BCUT2D eigenvalue weighted by Crippen LogP contribution is 2.38. The normalized spacial score (nSPS) is 25.3. The molecule has 1 aromatic carbocycles. The number of nitrogens with one attached hydrogen (secondary N) is 4. The van der Waals surface area contributed by atoms with Crippen molar-refractivity contribution in [1.82, 2.24) is 30.7 Å². The van der Waals surface area contributed by atoms with Crippen LogP contribution < -0.4 is 27.0 Å². The molecular formula is C63H96N8O17. The molecule has 0 aliphatic carbocycles. The molecule has 490 valence electrons. The van der Waals surface area contributed by atoms with Crippen molar-refractivity contribution in [3.8, 4) is 0 Å². The second kappa shape index (κ2) is 34.2. The lowest BCUT2D eigenvalue weighted by Crippen LogP contribution is -2.54. The number of primary amides is 1. The number of anilines is 1. The Kier molecular flexibility index (Phi) is 27.9. The SMILES string of the molecule is CC[C@H](O)[C@@H](C)[C@H]1O[C@@H]1C[C@@](C)(O)/C=C/C=C(\C)[C@H]1OC(=O)C[C@H](O)CC[C@@](C)(OC)[C@@H](OC(=O)N2CCN(C(=O)OCc3ccc(NC(=O)[C@H](CCCNC(N)=O)NC(=O)[C@@H](NC(=O)CCCCCN4C(=O)CCC4=O)C(C)C)cc3)CC2)/C=C/[C@@H]1C. The first-order chi connectivity index (χ1) is 41.6. The molecule has 9 amide bonds. The third-order valence-electron chi connectivity index (χ3n) is 16.7. The highest BCUT2D eigenvalue weighted by Gasteiger charge is 2.47. The van der Waals surface area contributed by atoms with E-state index in [1.54, 1.807) is 89.3 Å². The monoisotopic (exact) mass is 1240 g/mol. The van der Waals surface area contributed by atoms with Gasteiger partial charge in [0.05, 0.1) is 36.4 Å². The number of rotatable bonds is 28. The number of ether oxygens (including phenoxy) is 5. The molecule has 4 aliphatic rings. The van der Waals surface area contributed by atoms with E-state index in [2.05, 4.69) is 21.3 Å². The number of allylic oxidation sites excluding steroid dienone is 2. The fraction of sp³-hybridized carbons (Fsp3) is 0.667. The number of benzene rings is 1. The van der Waals surface area contributed by atoms with E-state index >= 15 is 0 Å². The van der Waals surface area contributed by atoms with Crippen molar-refractivity contribution in [2.24, 2.45) is 23.5 Å². The molecule has 25 nitrogen and oxygen atoms in total. The van der Waals surface area contributed by atoms with Crippen molar-refractivity contribution in [3.05, 3.63) is 65.8 Å². The van der Waals surface area contributed by atoms with Gasteiger partial charge in [-0.3, -0.25) is 33.7 Å². The molecule has 4 heterocycles. The average molecular weight is 1240 g/mol. The Balaban J connectivity index is 1.12. The quantitative estimate of drug-likeness (QED) is 0.0104. The molecule has 0 radical (unpaired) electrons. The van der Waals surface area contributed by atoms with Gasteiger partial charge in [0.2, 0.25) is 29.5 Å². The second-order valence-electron chi connectivity index (χ2n) is 24.4. The van der Waals surface area contributed by atoms with E-state index < -0.39 is 89.6 Å². The lowest BCUT2D eigenvalue weighted by Gasteiger charge is -2.38. The van der Waals surface area contributed by atoms with Crippen molar-refractivity contribution in [1.29, 1.82) is 0 Å². The van der Waals surface area contributed by atoms with Crippen LogP contribution in [0.3, 0.4) is 0 Å². The molecule has 0 aromatic heterocycles. The molecule has 0 spiro atoms. The Morgan fingerprint density at radius 3 is 2.20 bits per heavy atom. The molecule has 25 heteroatoms. The van der Waals surface area contributed by atoms with Gasteiger partial charge in [-0.05, 0) is 101 Å². The number of hydrogen-bond acceptors (Lipinski definition) is 17. The number of piperazine rings is 1. The minimum atomic E-state index is -1.22. The summed E-state index contributed by atoms with van der Waals surface area (Å²) in [5, 5.41) is 43.2. The molecule has 9 N–H and O–H groups in total. The van der Waals surface area contributed by atoms with Gasteiger partial charge in [0.25, 0.3) is 0 Å². The fourth-order valence-electron chi connectivity index (χ4n) is 10.8.